The van der Waals surface area contributed by atoms with Crippen molar-refractivity contribution in [3.05, 3.63) is 121 Å². The summed E-state index contributed by atoms with van der Waals surface area (Å²) in [5.41, 5.74) is 5.31. The Bertz CT molecular complexity index is 3560. The molecule has 480 valence electrons. The van der Waals surface area contributed by atoms with Crippen LogP contribution in [0.2, 0.25) is 0 Å². The Morgan fingerprint density at radius 3 is 0.750 bits per heavy atom. The van der Waals surface area contributed by atoms with Gasteiger partial charge >= 0.3 is 0 Å². The molecule has 0 saturated carbocycles. The van der Waals surface area contributed by atoms with Crippen molar-refractivity contribution in [3.8, 4) is 47.3 Å². The Labute approximate surface area is 552 Å². The summed E-state index contributed by atoms with van der Waals surface area (Å²) in [6.45, 7) is 32.5. The standard InChI is InChI=1S/4C17H19N3O2S/c4*1-4-22-13-5-6-14-15(9-13)23-17(19-14)20-16(21)8-11(2)7-12(3)10-18/h4*5-6,9,11H,3-4,7-8H2,1-2H3,(H,19,20,21)/t4*11-/m1111/s1. The lowest BCUT2D eigenvalue weighted by atomic mass is 9.99. The SMILES string of the molecule is C=C(C#N)C[C@@H](C)CC(=O)Nc1nc2ccc(OCC)cc2s1.C=C(C#N)C[C@@H](C)CC(=O)Nc1nc2ccc(OCC)cc2s1.C=C(C#N)C[C@@H](C)CC(=O)Nc1nc2ccc(OCC)cc2s1.C=C(C#N)C[C@@H](C)CC(=O)Nc1nc2ccc(OCC)cc2s1. The maximum atomic E-state index is 12.1. The number of nitrogens with zero attached hydrogens (tertiary/aromatic N) is 8. The predicted octanol–water partition coefficient (Wildman–Crippen LogP) is 16.5. The number of thiazole rings is 4. The van der Waals surface area contributed by atoms with Gasteiger partial charge in [-0.3, -0.25) is 19.2 Å². The molecule has 0 radical (unpaired) electrons. The van der Waals surface area contributed by atoms with Gasteiger partial charge < -0.3 is 40.2 Å². The number of rotatable bonds is 28. The molecule has 0 bridgehead atoms. The van der Waals surface area contributed by atoms with Gasteiger partial charge in [0.25, 0.3) is 0 Å². The van der Waals surface area contributed by atoms with E-state index in [0.717, 1.165) is 63.9 Å². The van der Waals surface area contributed by atoms with Gasteiger partial charge in [-0.05, 0) is 150 Å². The molecule has 0 aliphatic rings. The molecule has 0 aliphatic heterocycles. The molecule has 4 atom stereocenters. The third-order valence-corrected chi connectivity index (χ3v) is 16.6. The third kappa shape index (κ3) is 25.0. The minimum absolute atomic E-state index is 0.0704. The van der Waals surface area contributed by atoms with Gasteiger partial charge in [0, 0.05) is 48.0 Å². The summed E-state index contributed by atoms with van der Waals surface area (Å²) >= 11 is 5.67. The van der Waals surface area contributed by atoms with Crippen LogP contribution >= 0.6 is 45.3 Å². The first-order valence-corrected chi connectivity index (χ1v) is 33.0. The number of anilines is 4. The molecule has 0 unspecified atom stereocenters. The summed E-state index contributed by atoms with van der Waals surface area (Å²) in [5.74, 6) is 3.05. The molecule has 20 nitrogen and oxygen atoms in total. The fourth-order valence-electron chi connectivity index (χ4n) is 8.96. The van der Waals surface area contributed by atoms with Crippen molar-refractivity contribution in [1.82, 2.24) is 19.9 Å². The summed E-state index contributed by atoms with van der Waals surface area (Å²) in [4.78, 5) is 65.8. The van der Waals surface area contributed by atoms with Crippen molar-refractivity contribution >= 4 is 130 Å². The van der Waals surface area contributed by atoms with Crippen molar-refractivity contribution in [2.45, 2.75) is 107 Å². The van der Waals surface area contributed by atoms with Gasteiger partial charge in [0.1, 0.15) is 23.0 Å². The van der Waals surface area contributed by atoms with Crippen LogP contribution in [0.15, 0.2) is 121 Å². The van der Waals surface area contributed by atoms with E-state index in [1.807, 2.05) is 152 Å². The van der Waals surface area contributed by atoms with E-state index in [2.05, 4.69) is 67.5 Å². The monoisotopic (exact) mass is 1320 g/mol. The van der Waals surface area contributed by atoms with Crippen LogP contribution < -0.4 is 40.2 Å². The number of ether oxygens (including phenoxy) is 4. The average Bonchev–Trinajstić information content (AvgIpc) is 3.70. The van der Waals surface area contributed by atoms with Gasteiger partial charge in [-0.15, -0.1) is 0 Å². The molecule has 8 aromatic rings. The number of aromatic nitrogens is 4. The number of carbonyl (C=O) groups is 4. The molecule has 4 aromatic carbocycles. The highest BCUT2D eigenvalue weighted by Crippen LogP contribution is 2.34. The topological polar surface area (TPSA) is 300 Å². The maximum absolute atomic E-state index is 12.1. The van der Waals surface area contributed by atoms with E-state index < -0.39 is 0 Å². The fraction of sp³-hybridized carbons (Fsp3) is 0.353. The number of nitrogens with one attached hydrogen (secondary N) is 4. The Balaban J connectivity index is 0.000000223. The van der Waals surface area contributed by atoms with E-state index in [1.54, 1.807) is 0 Å². The highest BCUT2D eigenvalue weighted by molar-refractivity contribution is 7.23. The first-order chi connectivity index (χ1) is 44.0. The van der Waals surface area contributed by atoms with Crippen LogP contribution in [-0.4, -0.2) is 70.0 Å². The highest BCUT2D eigenvalue weighted by Gasteiger charge is 2.18. The van der Waals surface area contributed by atoms with Crippen molar-refractivity contribution in [2.75, 3.05) is 47.7 Å². The van der Waals surface area contributed by atoms with Gasteiger partial charge in [0.15, 0.2) is 20.5 Å². The van der Waals surface area contributed by atoms with E-state index in [9.17, 15) is 19.2 Å². The molecule has 0 aliphatic carbocycles. The van der Waals surface area contributed by atoms with Crippen LogP contribution in [0.1, 0.15) is 107 Å². The lowest BCUT2D eigenvalue weighted by molar-refractivity contribution is -0.117. The van der Waals surface area contributed by atoms with Crippen LogP contribution in [0.25, 0.3) is 40.9 Å². The highest BCUT2D eigenvalue weighted by atomic mass is 32.1. The molecule has 0 fully saturated rings. The average molecular weight is 1320 g/mol. The van der Waals surface area contributed by atoms with E-state index in [1.165, 1.54) is 45.3 Å². The first kappa shape index (κ1) is 73.2. The number of hydrogen-bond acceptors (Lipinski definition) is 20. The summed E-state index contributed by atoms with van der Waals surface area (Å²) < 4.78 is 25.7. The van der Waals surface area contributed by atoms with Gasteiger partial charge in [-0.2, -0.15) is 21.0 Å². The Morgan fingerprint density at radius 2 is 0.576 bits per heavy atom. The zero-order valence-electron chi connectivity index (χ0n) is 53.0. The van der Waals surface area contributed by atoms with Gasteiger partial charge in [-0.25, -0.2) is 19.9 Å². The van der Waals surface area contributed by atoms with Gasteiger partial charge in [0.05, 0.1) is 91.6 Å². The van der Waals surface area contributed by atoms with E-state index in [0.29, 0.717) is 121 Å². The number of benzene rings is 4. The Hall–Kier alpha value is -9.56. The van der Waals surface area contributed by atoms with Gasteiger partial charge in [-0.1, -0.05) is 99.4 Å². The predicted molar refractivity (Wildman–Crippen MR) is 370 cm³/mol. The molecule has 8 rings (SSSR count). The molecular weight excluding hydrogens is 1240 g/mol. The van der Waals surface area contributed by atoms with E-state index in [4.69, 9.17) is 40.0 Å². The Morgan fingerprint density at radius 1 is 0.380 bits per heavy atom. The normalized spacial score (nSPS) is 11.7. The summed E-state index contributed by atoms with van der Waals surface area (Å²) in [7, 11) is 0. The molecule has 92 heavy (non-hydrogen) atoms. The number of hydrogen-bond donors (Lipinski definition) is 4. The Kier molecular flexibility index (Phi) is 29.9. The summed E-state index contributed by atoms with van der Waals surface area (Å²) in [6, 6.07) is 30.7. The van der Waals surface area contributed by atoms with Crippen molar-refractivity contribution in [3.63, 3.8) is 0 Å². The molecule has 0 saturated heterocycles. The number of fused-ring (bicyclic) bond motifs is 4. The number of amides is 4. The molecular formula is C68H76N12O8S4. The smallest absolute Gasteiger partial charge is 0.226 e. The third-order valence-electron chi connectivity index (χ3n) is 12.8. The minimum atomic E-state index is -0.104. The van der Waals surface area contributed by atoms with E-state index >= 15 is 0 Å². The molecule has 4 aromatic heterocycles. The van der Waals surface area contributed by atoms with Crippen LogP contribution in [0.4, 0.5) is 20.5 Å². The summed E-state index contributed by atoms with van der Waals surface area (Å²) in [6.07, 6.45) is 3.45. The van der Waals surface area contributed by atoms with Gasteiger partial charge in [0.2, 0.25) is 23.6 Å². The molecule has 4 N–H and O–H groups in total. The second-order valence-corrected chi connectivity index (χ2v) is 25.6. The zero-order chi connectivity index (χ0) is 67.3. The van der Waals surface area contributed by atoms with Crippen molar-refractivity contribution in [1.29, 1.82) is 21.0 Å². The largest absolute Gasteiger partial charge is 0.494 e. The first-order valence-electron chi connectivity index (χ1n) is 29.7. The molecule has 4 amide bonds. The van der Waals surface area contributed by atoms with Crippen LogP contribution in [0, 0.1) is 69.0 Å². The van der Waals surface area contributed by atoms with Crippen LogP contribution in [0.3, 0.4) is 0 Å². The molecule has 24 heteroatoms. The lowest BCUT2D eigenvalue weighted by Gasteiger charge is -2.08. The number of nitriles is 4. The second-order valence-electron chi connectivity index (χ2n) is 21.4. The quantitative estimate of drug-likeness (QED) is 0.0331. The van der Waals surface area contributed by atoms with Crippen LogP contribution in [0.5, 0.6) is 23.0 Å². The number of allylic oxidation sites excluding steroid dienone is 4. The number of carbonyl (C=O) groups excluding carboxylic acids is 4. The molecule has 4 heterocycles. The minimum Gasteiger partial charge on any atom is -0.494 e. The van der Waals surface area contributed by atoms with Crippen LogP contribution in [-0.2, 0) is 19.2 Å². The van der Waals surface area contributed by atoms with Crippen molar-refractivity contribution in [2.24, 2.45) is 23.7 Å². The van der Waals surface area contributed by atoms with Crippen molar-refractivity contribution < 1.29 is 38.1 Å². The fourth-order valence-corrected chi connectivity index (χ4v) is 12.6. The zero-order valence-corrected chi connectivity index (χ0v) is 56.3. The summed E-state index contributed by atoms with van der Waals surface area (Å²) in [5, 5.41) is 48.5. The maximum Gasteiger partial charge on any atom is 0.226 e. The molecule has 0 spiro atoms. The second kappa shape index (κ2) is 37.6. The lowest BCUT2D eigenvalue weighted by Crippen LogP contribution is -2.15. The van der Waals surface area contributed by atoms with E-state index in [-0.39, 0.29) is 47.3 Å².